The third kappa shape index (κ3) is 3.30. The summed E-state index contributed by atoms with van der Waals surface area (Å²) in [5.41, 5.74) is -0.931. The van der Waals surface area contributed by atoms with Gasteiger partial charge in [-0.1, -0.05) is 0 Å². The molecule has 0 spiro atoms. The van der Waals surface area contributed by atoms with Gasteiger partial charge in [0, 0.05) is 12.1 Å². The molecule has 6 heteroatoms. The van der Waals surface area contributed by atoms with E-state index in [2.05, 4.69) is 4.74 Å². The van der Waals surface area contributed by atoms with Gasteiger partial charge in [-0.2, -0.15) is 0 Å². The number of ether oxygens (including phenoxy) is 1. The highest BCUT2D eigenvalue weighted by atomic mass is 19.1. The third-order valence-electron chi connectivity index (χ3n) is 1.90. The van der Waals surface area contributed by atoms with Crippen LogP contribution in [0.4, 0.5) is 13.2 Å². The predicted octanol–water partition coefficient (Wildman–Crippen LogP) is 2.24. The van der Waals surface area contributed by atoms with Crippen LogP contribution in [0.25, 0.3) is 0 Å². The highest BCUT2D eigenvalue weighted by Crippen LogP contribution is 2.16. The molecule has 17 heavy (non-hydrogen) atoms. The number of halogens is 3. The van der Waals surface area contributed by atoms with E-state index in [0.717, 1.165) is 0 Å². The lowest BCUT2D eigenvalue weighted by molar-refractivity contribution is -0.141. The molecule has 92 valence electrons. The Hall–Kier alpha value is -1.85. The topological polar surface area (TPSA) is 43.4 Å². The molecule has 0 saturated heterocycles. The molecule has 0 atom stereocenters. The van der Waals surface area contributed by atoms with Crippen molar-refractivity contribution < 1.29 is 27.5 Å². The van der Waals surface area contributed by atoms with Gasteiger partial charge in [0.05, 0.1) is 12.2 Å². The van der Waals surface area contributed by atoms with Crippen LogP contribution in [-0.4, -0.2) is 18.4 Å². The summed E-state index contributed by atoms with van der Waals surface area (Å²) in [5, 5.41) is 0. The summed E-state index contributed by atoms with van der Waals surface area (Å²) in [6, 6.07) is 0.753. The van der Waals surface area contributed by atoms with E-state index in [1.54, 1.807) is 0 Å². The zero-order valence-corrected chi connectivity index (χ0v) is 8.93. The maximum absolute atomic E-state index is 13.1. The van der Waals surface area contributed by atoms with Gasteiger partial charge in [-0.05, 0) is 6.92 Å². The Morgan fingerprint density at radius 1 is 1.18 bits per heavy atom. The lowest BCUT2D eigenvalue weighted by Crippen LogP contribution is -2.14. The lowest BCUT2D eigenvalue weighted by Gasteiger charge is -2.04. The van der Waals surface area contributed by atoms with Gasteiger partial charge in [-0.25, -0.2) is 13.2 Å². The van der Waals surface area contributed by atoms with E-state index in [0.29, 0.717) is 12.1 Å². The Morgan fingerprint density at radius 3 is 2.18 bits per heavy atom. The monoisotopic (exact) mass is 246 g/mol. The smallest absolute Gasteiger partial charge is 0.313 e. The van der Waals surface area contributed by atoms with E-state index >= 15 is 0 Å². The van der Waals surface area contributed by atoms with E-state index in [9.17, 15) is 22.8 Å². The van der Waals surface area contributed by atoms with Gasteiger partial charge in [-0.15, -0.1) is 0 Å². The highest BCUT2D eigenvalue weighted by Gasteiger charge is 2.21. The Bertz CT molecular complexity index is 434. The van der Waals surface area contributed by atoms with Crippen molar-refractivity contribution in [1.82, 2.24) is 0 Å². The fraction of sp³-hybridized carbons (Fsp3) is 0.273. The van der Waals surface area contributed by atoms with Crippen molar-refractivity contribution >= 4 is 11.8 Å². The number of Topliss-reactive ketones (excluding diaryl/α,β-unsaturated/α-hetero) is 1. The average Bonchev–Trinajstić information content (AvgIpc) is 2.15. The van der Waals surface area contributed by atoms with Crippen molar-refractivity contribution in [2.75, 3.05) is 6.61 Å². The molecular formula is C11H9F3O3. The fourth-order valence-electron chi connectivity index (χ4n) is 1.24. The summed E-state index contributed by atoms with van der Waals surface area (Å²) in [4.78, 5) is 22.3. The molecule has 1 rings (SSSR count). The maximum Gasteiger partial charge on any atom is 0.313 e. The SMILES string of the molecule is CCOC(=O)CC(=O)c1c(F)cc(F)cc1F. The van der Waals surface area contributed by atoms with Gasteiger partial charge in [0.15, 0.2) is 5.78 Å². The van der Waals surface area contributed by atoms with Crippen molar-refractivity contribution in [1.29, 1.82) is 0 Å². The summed E-state index contributed by atoms with van der Waals surface area (Å²) in [6.07, 6.45) is -0.784. The van der Waals surface area contributed by atoms with E-state index in [-0.39, 0.29) is 6.61 Å². The molecule has 0 radical (unpaired) electrons. The number of hydrogen-bond acceptors (Lipinski definition) is 3. The van der Waals surface area contributed by atoms with Crippen LogP contribution in [0.5, 0.6) is 0 Å². The molecule has 1 aromatic rings. The molecule has 0 N–H and O–H groups in total. The molecule has 1 aromatic carbocycles. The first-order valence-electron chi connectivity index (χ1n) is 4.79. The second-order valence-corrected chi connectivity index (χ2v) is 3.15. The van der Waals surface area contributed by atoms with Crippen molar-refractivity contribution in [3.8, 4) is 0 Å². The van der Waals surface area contributed by atoms with Gasteiger partial charge in [0.2, 0.25) is 0 Å². The number of carbonyl (C=O) groups is 2. The maximum atomic E-state index is 13.1. The van der Waals surface area contributed by atoms with Gasteiger partial charge < -0.3 is 4.74 Å². The summed E-state index contributed by atoms with van der Waals surface area (Å²) in [5.74, 6) is -5.78. The normalized spacial score (nSPS) is 10.1. The largest absolute Gasteiger partial charge is 0.466 e. The molecule has 0 heterocycles. The van der Waals surface area contributed by atoms with Crippen LogP contribution >= 0.6 is 0 Å². The number of benzene rings is 1. The minimum absolute atomic E-state index is 0.0560. The first-order chi connectivity index (χ1) is 7.95. The van der Waals surface area contributed by atoms with Crippen LogP contribution in [0.3, 0.4) is 0 Å². The summed E-state index contributed by atoms with van der Waals surface area (Å²) in [6.45, 7) is 1.59. The average molecular weight is 246 g/mol. The Kier molecular flexibility index (Phi) is 4.25. The van der Waals surface area contributed by atoms with Crippen molar-refractivity contribution in [2.24, 2.45) is 0 Å². The summed E-state index contributed by atoms with van der Waals surface area (Å²) in [7, 11) is 0. The molecule has 0 aliphatic carbocycles. The van der Waals surface area contributed by atoms with Gasteiger partial charge in [0.1, 0.15) is 23.9 Å². The van der Waals surface area contributed by atoms with E-state index < -0.39 is 41.2 Å². The molecule has 0 aromatic heterocycles. The zero-order chi connectivity index (χ0) is 13.0. The molecule has 0 bridgehead atoms. The van der Waals surface area contributed by atoms with Crippen molar-refractivity contribution in [2.45, 2.75) is 13.3 Å². The molecule has 0 aliphatic rings. The fourth-order valence-corrected chi connectivity index (χ4v) is 1.24. The van der Waals surface area contributed by atoms with Crippen molar-refractivity contribution in [3.63, 3.8) is 0 Å². The van der Waals surface area contributed by atoms with Gasteiger partial charge in [-0.3, -0.25) is 9.59 Å². The third-order valence-corrected chi connectivity index (χ3v) is 1.90. The molecule has 0 unspecified atom stereocenters. The Balaban J connectivity index is 2.93. The van der Waals surface area contributed by atoms with Crippen LogP contribution < -0.4 is 0 Å². The minimum Gasteiger partial charge on any atom is -0.466 e. The van der Waals surface area contributed by atoms with Crippen LogP contribution in [-0.2, 0) is 9.53 Å². The van der Waals surface area contributed by atoms with Crippen LogP contribution in [0.1, 0.15) is 23.7 Å². The van der Waals surface area contributed by atoms with E-state index in [4.69, 9.17) is 0 Å². The summed E-state index contributed by atoms with van der Waals surface area (Å²) >= 11 is 0. The number of carbonyl (C=O) groups excluding carboxylic acids is 2. The molecule has 0 fully saturated rings. The molecule has 0 amide bonds. The van der Waals surface area contributed by atoms with Crippen molar-refractivity contribution in [3.05, 3.63) is 35.1 Å². The first kappa shape index (κ1) is 13.2. The highest BCUT2D eigenvalue weighted by molar-refractivity contribution is 6.06. The number of esters is 1. The van der Waals surface area contributed by atoms with Gasteiger partial charge >= 0.3 is 5.97 Å². The number of hydrogen-bond donors (Lipinski definition) is 0. The van der Waals surface area contributed by atoms with Crippen LogP contribution in [0.15, 0.2) is 12.1 Å². The molecule has 0 saturated carbocycles. The van der Waals surface area contributed by atoms with Crippen LogP contribution in [0, 0.1) is 17.5 Å². The van der Waals surface area contributed by atoms with Gasteiger partial charge in [0.25, 0.3) is 0 Å². The van der Waals surface area contributed by atoms with E-state index in [1.807, 2.05) is 0 Å². The molecule has 0 aliphatic heterocycles. The standard InChI is InChI=1S/C11H9F3O3/c1-2-17-10(16)5-9(15)11-7(13)3-6(12)4-8(11)14/h3-4H,2,5H2,1H3. The second kappa shape index (κ2) is 5.47. The summed E-state index contributed by atoms with van der Waals surface area (Å²) < 4.78 is 43.3. The second-order valence-electron chi connectivity index (χ2n) is 3.15. The quantitative estimate of drug-likeness (QED) is 0.465. The zero-order valence-electron chi connectivity index (χ0n) is 8.93. The Labute approximate surface area is 95.2 Å². The Morgan fingerprint density at radius 2 is 1.71 bits per heavy atom. The predicted molar refractivity (Wildman–Crippen MR) is 51.9 cm³/mol. The lowest BCUT2D eigenvalue weighted by atomic mass is 10.1. The van der Waals surface area contributed by atoms with E-state index in [1.165, 1.54) is 6.92 Å². The van der Waals surface area contributed by atoms with Crippen LogP contribution in [0.2, 0.25) is 0 Å². The number of ketones is 1. The number of rotatable bonds is 4. The molecular weight excluding hydrogens is 237 g/mol. The molecule has 3 nitrogen and oxygen atoms in total. The first-order valence-corrected chi connectivity index (χ1v) is 4.79. The minimum atomic E-state index is -1.34.